The van der Waals surface area contributed by atoms with Gasteiger partial charge in [-0.1, -0.05) is 63.6 Å². The summed E-state index contributed by atoms with van der Waals surface area (Å²) >= 11 is 6.03. The molecule has 1 aliphatic carbocycles. The first-order chi connectivity index (χ1) is 15.5. The highest BCUT2D eigenvalue weighted by Gasteiger charge is 2.37. The third kappa shape index (κ3) is 5.19. The first kappa shape index (κ1) is 23.6. The molecule has 2 aromatic carbocycles. The molecule has 174 valence electrons. The summed E-state index contributed by atoms with van der Waals surface area (Å²) in [5.74, 6) is 0.979. The molecule has 1 aliphatic rings. The van der Waals surface area contributed by atoms with Crippen molar-refractivity contribution >= 4 is 17.5 Å². The number of fused-ring (bicyclic) bond motifs is 1. The van der Waals surface area contributed by atoms with Gasteiger partial charge in [0, 0.05) is 18.0 Å². The SMILES string of the molecule is Cc1cc2c(cc1Cc1ccc(C(=O)NCCc3cccc(Cl)c3)o1)C(C)(C)CCC2(C)C. The number of carbonyl (C=O) groups excluding carboxylic acids is 1. The predicted molar refractivity (Wildman–Crippen MR) is 135 cm³/mol. The van der Waals surface area contributed by atoms with Crippen LogP contribution in [-0.4, -0.2) is 12.5 Å². The lowest BCUT2D eigenvalue weighted by atomic mass is 9.62. The molecule has 0 fully saturated rings. The number of furan rings is 1. The number of nitrogens with one attached hydrogen (secondary N) is 1. The zero-order valence-electron chi connectivity index (χ0n) is 20.3. The van der Waals surface area contributed by atoms with Crippen molar-refractivity contribution in [1.82, 2.24) is 5.32 Å². The van der Waals surface area contributed by atoms with Crippen molar-refractivity contribution in [3.8, 4) is 0 Å². The van der Waals surface area contributed by atoms with E-state index in [0.29, 0.717) is 23.7 Å². The lowest BCUT2D eigenvalue weighted by Gasteiger charge is -2.42. The van der Waals surface area contributed by atoms with Crippen LogP contribution in [0.5, 0.6) is 0 Å². The molecule has 0 radical (unpaired) electrons. The number of rotatable bonds is 6. The second-order valence-corrected chi connectivity index (χ2v) is 11.1. The summed E-state index contributed by atoms with van der Waals surface area (Å²) in [5, 5.41) is 3.65. The summed E-state index contributed by atoms with van der Waals surface area (Å²) in [5.41, 5.74) is 6.94. The minimum Gasteiger partial charge on any atom is -0.456 e. The molecule has 0 saturated carbocycles. The van der Waals surface area contributed by atoms with E-state index in [1.54, 1.807) is 6.07 Å². The Morgan fingerprint density at radius 2 is 1.70 bits per heavy atom. The first-order valence-corrected chi connectivity index (χ1v) is 12.2. The van der Waals surface area contributed by atoms with Crippen molar-refractivity contribution in [3.63, 3.8) is 0 Å². The van der Waals surface area contributed by atoms with E-state index < -0.39 is 0 Å². The maximum absolute atomic E-state index is 12.6. The minimum atomic E-state index is -0.187. The van der Waals surface area contributed by atoms with Crippen LogP contribution in [0.4, 0.5) is 0 Å². The number of hydrogen-bond acceptors (Lipinski definition) is 2. The lowest BCUT2D eigenvalue weighted by molar-refractivity contribution is 0.0925. The summed E-state index contributed by atoms with van der Waals surface area (Å²) in [6.07, 6.45) is 3.81. The van der Waals surface area contributed by atoms with Crippen molar-refractivity contribution in [2.75, 3.05) is 6.54 Å². The molecule has 33 heavy (non-hydrogen) atoms. The molecule has 1 amide bonds. The van der Waals surface area contributed by atoms with E-state index in [9.17, 15) is 4.79 Å². The maximum Gasteiger partial charge on any atom is 0.287 e. The maximum atomic E-state index is 12.6. The van der Waals surface area contributed by atoms with Gasteiger partial charge in [0.25, 0.3) is 5.91 Å². The molecule has 3 aromatic rings. The number of carbonyl (C=O) groups is 1. The van der Waals surface area contributed by atoms with Crippen LogP contribution in [0, 0.1) is 6.92 Å². The summed E-state index contributed by atoms with van der Waals surface area (Å²) < 4.78 is 5.93. The van der Waals surface area contributed by atoms with E-state index in [2.05, 4.69) is 52.1 Å². The minimum absolute atomic E-state index is 0.171. The average Bonchev–Trinajstić information content (AvgIpc) is 3.21. The first-order valence-electron chi connectivity index (χ1n) is 11.8. The summed E-state index contributed by atoms with van der Waals surface area (Å²) in [6, 6.07) is 16.1. The Balaban J connectivity index is 1.45. The zero-order valence-corrected chi connectivity index (χ0v) is 21.1. The molecular formula is C29H34ClNO2. The highest BCUT2D eigenvalue weighted by atomic mass is 35.5. The molecule has 1 heterocycles. The largest absolute Gasteiger partial charge is 0.456 e. The summed E-state index contributed by atoms with van der Waals surface area (Å²) in [6.45, 7) is 12.1. The topological polar surface area (TPSA) is 42.2 Å². The predicted octanol–water partition coefficient (Wildman–Crippen LogP) is 7.15. The van der Waals surface area contributed by atoms with Gasteiger partial charge in [-0.05, 0) is 89.1 Å². The van der Waals surface area contributed by atoms with E-state index >= 15 is 0 Å². The van der Waals surface area contributed by atoms with Crippen LogP contribution in [0.25, 0.3) is 0 Å². The molecule has 4 rings (SSSR count). The number of halogens is 1. The molecule has 3 nitrogen and oxygen atoms in total. The van der Waals surface area contributed by atoms with Crippen molar-refractivity contribution in [2.45, 2.75) is 71.1 Å². The lowest BCUT2D eigenvalue weighted by Crippen LogP contribution is -2.34. The van der Waals surface area contributed by atoms with E-state index in [1.165, 1.54) is 35.1 Å². The van der Waals surface area contributed by atoms with Gasteiger partial charge in [-0.3, -0.25) is 4.79 Å². The third-order valence-electron chi connectivity index (χ3n) is 7.15. The zero-order chi connectivity index (χ0) is 23.8. The summed E-state index contributed by atoms with van der Waals surface area (Å²) in [7, 11) is 0. The van der Waals surface area contributed by atoms with Crippen molar-refractivity contribution in [3.05, 3.63) is 92.9 Å². The Bertz CT molecular complexity index is 1170. The Labute approximate surface area is 202 Å². The van der Waals surface area contributed by atoms with E-state index in [1.807, 2.05) is 30.3 Å². The van der Waals surface area contributed by atoms with Gasteiger partial charge < -0.3 is 9.73 Å². The Kier molecular flexibility index (Phi) is 6.46. The molecule has 0 bridgehead atoms. The van der Waals surface area contributed by atoms with E-state index in [0.717, 1.165) is 17.7 Å². The fraction of sp³-hybridized carbons (Fsp3) is 0.414. The van der Waals surface area contributed by atoms with E-state index in [4.69, 9.17) is 16.0 Å². The molecule has 0 atom stereocenters. The summed E-state index contributed by atoms with van der Waals surface area (Å²) in [4.78, 5) is 12.6. The number of benzene rings is 2. The van der Waals surface area contributed by atoms with Crippen LogP contribution < -0.4 is 5.32 Å². The van der Waals surface area contributed by atoms with Crippen LogP contribution in [0.2, 0.25) is 5.02 Å². The molecule has 0 unspecified atom stereocenters. The van der Waals surface area contributed by atoms with Crippen LogP contribution in [0.3, 0.4) is 0 Å². The Morgan fingerprint density at radius 1 is 1.00 bits per heavy atom. The van der Waals surface area contributed by atoms with Gasteiger partial charge in [-0.25, -0.2) is 0 Å². The fourth-order valence-corrected chi connectivity index (χ4v) is 5.05. The van der Waals surface area contributed by atoms with Crippen LogP contribution in [0.1, 0.15) is 84.7 Å². The van der Waals surface area contributed by atoms with Gasteiger partial charge in [-0.2, -0.15) is 0 Å². The van der Waals surface area contributed by atoms with Gasteiger partial charge in [0.05, 0.1) is 0 Å². The monoisotopic (exact) mass is 463 g/mol. The molecule has 4 heteroatoms. The smallest absolute Gasteiger partial charge is 0.287 e. The van der Waals surface area contributed by atoms with Crippen molar-refractivity contribution in [1.29, 1.82) is 0 Å². The number of hydrogen-bond donors (Lipinski definition) is 1. The van der Waals surface area contributed by atoms with Gasteiger partial charge in [0.1, 0.15) is 5.76 Å². The van der Waals surface area contributed by atoms with Gasteiger partial charge in [0.2, 0.25) is 0 Å². The average molecular weight is 464 g/mol. The molecule has 1 N–H and O–H groups in total. The number of aryl methyl sites for hydroxylation is 1. The highest BCUT2D eigenvalue weighted by molar-refractivity contribution is 6.30. The third-order valence-corrected chi connectivity index (χ3v) is 7.38. The molecule has 0 spiro atoms. The standard InChI is InChI=1S/C29H34ClNO2/c1-19-15-24-25(29(4,5)13-12-28(24,2)3)18-21(19)17-23-9-10-26(33-23)27(32)31-14-11-20-7-6-8-22(30)16-20/h6-10,15-16,18H,11-14,17H2,1-5H3,(H,31,32). The number of amides is 1. The van der Waals surface area contributed by atoms with Gasteiger partial charge in [0.15, 0.2) is 5.76 Å². The Hall–Kier alpha value is -2.52. The Morgan fingerprint density at radius 3 is 2.39 bits per heavy atom. The molecule has 0 aliphatic heterocycles. The van der Waals surface area contributed by atoms with Crippen LogP contribution in [-0.2, 0) is 23.7 Å². The normalized spacial score (nSPS) is 16.3. The second-order valence-electron chi connectivity index (χ2n) is 10.7. The molecule has 1 aromatic heterocycles. The molecular weight excluding hydrogens is 430 g/mol. The van der Waals surface area contributed by atoms with Crippen LogP contribution in [0.15, 0.2) is 52.9 Å². The van der Waals surface area contributed by atoms with E-state index in [-0.39, 0.29) is 16.7 Å². The van der Waals surface area contributed by atoms with Gasteiger partial charge >= 0.3 is 0 Å². The van der Waals surface area contributed by atoms with Crippen molar-refractivity contribution < 1.29 is 9.21 Å². The highest BCUT2D eigenvalue weighted by Crippen LogP contribution is 2.46. The second kappa shape index (κ2) is 9.02. The van der Waals surface area contributed by atoms with Crippen LogP contribution >= 0.6 is 11.6 Å². The quantitative estimate of drug-likeness (QED) is 0.421. The molecule has 0 saturated heterocycles. The van der Waals surface area contributed by atoms with Gasteiger partial charge in [-0.15, -0.1) is 0 Å². The van der Waals surface area contributed by atoms with Crippen molar-refractivity contribution in [2.24, 2.45) is 0 Å². The fourth-order valence-electron chi connectivity index (χ4n) is 4.84.